The Morgan fingerprint density at radius 1 is 0.471 bits per heavy atom. The van der Waals surface area contributed by atoms with Crippen molar-refractivity contribution in [1.29, 1.82) is 0 Å². The molecule has 0 aliphatic carbocycles. The first kappa shape index (κ1) is 19.5. The molecule has 0 aliphatic rings. The van der Waals surface area contributed by atoms with Crippen molar-refractivity contribution in [2.75, 3.05) is 0 Å². The van der Waals surface area contributed by atoms with Gasteiger partial charge in [-0.3, -0.25) is 0 Å². The summed E-state index contributed by atoms with van der Waals surface area (Å²) >= 11 is 1.89. The van der Waals surface area contributed by atoms with Crippen molar-refractivity contribution >= 4 is 53.1 Å². The third-order valence-corrected chi connectivity index (χ3v) is 8.15. The first-order valence-corrected chi connectivity index (χ1v) is 12.5. The number of hydrogen-bond donors (Lipinski definition) is 0. The smallest absolute Gasteiger partial charge is 0.0433 e. The monoisotopic (exact) mass is 450 g/mol. The summed E-state index contributed by atoms with van der Waals surface area (Å²) in [6.45, 7) is 2.16. The molecule has 1 heterocycles. The molecule has 1 heteroatoms. The Balaban J connectivity index is 1.40. The summed E-state index contributed by atoms with van der Waals surface area (Å²) < 4.78 is 2.71. The zero-order valence-corrected chi connectivity index (χ0v) is 19.7. The lowest BCUT2D eigenvalue weighted by Crippen LogP contribution is -1.86. The molecule has 0 fully saturated rings. The fourth-order valence-electron chi connectivity index (χ4n) is 5.28. The highest BCUT2D eigenvalue weighted by atomic mass is 32.1. The van der Waals surface area contributed by atoms with E-state index in [9.17, 15) is 0 Å². The number of thiophene rings is 1. The van der Waals surface area contributed by atoms with Crippen molar-refractivity contribution in [1.82, 2.24) is 0 Å². The average Bonchev–Trinajstić information content (AvgIpc) is 3.27. The van der Waals surface area contributed by atoms with Gasteiger partial charge in [-0.15, -0.1) is 11.3 Å². The van der Waals surface area contributed by atoms with Crippen molar-refractivity contribution in [2.45, 2.75) is 6.92 Å². The van der Waals surface area contributed by atoms with Crippen molar-refractivity contribution < 1.29 is 0 Å². The Bertz CT molecular complexity index is 1850. The molecule has 0 radical (unpaired) electrons. The van der Waals surface area contributed by atoms with Gasteiger partial charge in [0, 0.05) is 20.2 Å². The molecule has 0 unspecified atom stereocenters. The van der Waals surface area contributed by atoms with Gasteiger partial charge in [0.2, 0.25) is 0 Å². The second-order valence-corrected chi connectivity index (χ2v) is 10.1. The third kappa shape index (κ3) is 2.98. The number of fused-ring (bicyclic) bond motifs is 6. The van der Waals surface area contributed by atoms with E-state index in [1.54, 1.807) is 0 Å². The zero-order chi connectivity index (χ0) is 22.6. The summed E-state index contributed by atoms with van der Waals surface area (Å²) in [6, 6.07) is 42.4. The predicted octanol–water partition coefficient (Wildman–Crippen LogP) is 10.0. The van der Waals surface area contributed by atoms with Crippen LogP contribution in [0.2, 0.25) is 0 Å². The lowest BCUT2D eigenvalue weighted by Gasteiger charge is -2.12. The van der Waals surface area contributed by atoms with Crippen LogP contribution in [0.3, 0.4) is 0 Å². The van der Waals surface area contributed by atoms with Crippen LogP contribution in [-0.4, -0.2) is 0 Å². The predicted molar refractivity (Wildman–Crippen MR) is 150 cm³/mol. The highest BCUT2D eigenvalue weighted by Crippen LogP contribution is 2.41. The molecule has 6 aromatic carbocycles. The van der Waals surface area contributed by atoms with Crippen LogP contribution in [0.25, 0.3) is 64.0 Å². The summed E-state index contributed by atoms with van der Waals surface area (Å²) in [5, 5.41) is 7.93. The van der Waals surface area contributed by atoms with Gasteiger partial charge in [-0.1, -0.05) is 109 Å². The van der Waals surface area contributed by atoms with Crippen LogP contribution in [-0.2, 0) is 0 Å². The normalized spacial score (nSPS) is 11.7. The molecule has 7 rings (SSSR count). The molecule has 0 amide bonds. The summed E-state index contributed by atoms with van der Waals surface area (Å²) in [6.07, 6.45) is 0. The zero-order valence-electron chi connectivity index (χ0n) is 18.9. The van der Waals surface area contributed by atoms with Crippen LogP contribution >= 0.6 is 11.3 Å². The van der Waals surface area contributed by atoms with Crippen molar-refractivity contribution in [3.05, 3.63) is 121 Å². The minimum Gasteiger partial charge on any atom is -0.135 e. The van der Waals surface area contributed by atoms with Crippen LogP contribution in [0.15, 0.2) is 115 Å². The molecular formula is C33H22S. The van der Waals surface area contributed by atoms with Crippen LogP contribution in [0.5, 0.6) is 0 Å². The minimum atomic E-state index is 1.26. The largest absolute Gasteiger partial charge is 0.135 e. The number of benzene rings is 6. The molecule has 34 heavy (non-hydrogen) atoms. The molecule has 0 N–H and O–H groups in total. The van der Waals surface area contributed by atoms with E-state index in [1.165, 1.54) is 69.5 Å². The van der Waals surface area contributed by atoms with E-state index in [-0.39, 0.29) is 0 Å². The third-order valence-electron chi connectivity index (χ3n) is 6.93. The van der Waals surface area contributed by atoms with Gasteiger partial charge in [-0.25, -0.2) is 0 Å². The van der Waals surface area contributed by atoms with E-state index in [4.69, 9.17) is 0 Å². The maximum Gasteiger partial charge on any atom is 0.0433 e. The summed E-state index contributed by atoms with van der Waals surface area (Å²) in [4.78, 5) is 0. The molecule has 7 aromatic rings. The molecule has 1 aromatic heterocycles. The van der Waals surface area contributed by atoms with E-state index >= 15 is 0 Å². The Hall–Kier alpha value is -3.94. The second-order valence-electron chi connectivity index (χ2n) is 9.05. The van der Waals surface area contributed by atoms with Gasteiger partial charge in [0.15, 0.2) is 0 Å². The number of aryl methyl sites for hydroxylation is 1. The lowest BCUT2D eigenvalue weighted by molar-refractivity contribution is 1.51. The topological polar surface area (TPSA) is 0 Å². The van der Waals surface area contributed by atoms with E-state index in [0.29, 0.717) is 0 Å². The maximum absolute atomic E-state index is 2.35. The fraction of sp³-hybridized carbons (Fsp3) is 0.0303. The van der Waals surface area contributed by atoms with Crippen LogP contribution in [0.4, 0.5) is 0 Å². The quantitative estimate of drug-likeness (QED) is 0.230. The fourth-order valence-corrected chi connectivity index (χ4v) is 6.51. The summed E-state index contributed by atoms with van der Waals surface area (Å²) in [5.74, 6) is 0. The Morgan fingerprint density at radius 2 is 1.15 bits per heavy atom. The summed E-state index contributed by atoms with van der Waals surface area (Å²) in [5.41, 5.74) is 6.42. The molecule has 0 saturated carbocycles. The molecule has 0 atom stereocenters. The molecule has 0 nitrogen and oxygen atoms in total. The molecule has 160 valence electrons. The van der Waals surface area contributed by atoms with Gasteiger partial charge >= 0.3 is 0 Å². The van der Waals surface area contributed by atoms with E-state index < -0.39 is 0 Å². The van der Waals surface area contributed by atoms with Gasteiger partial charge in [0.05, 0.1) is 0 Å². The molecule has 0 aliphatic heterocycles. The molecule has 0 saturated heterocycles. The lowest BCUT2D eigenvalue weighted by atomic mass is 9.92. The summed E-state index contributed by atoms with van der Waals surface area (Å²) in [7, 11) is 0. The standard InChI is InChI=1S/C33H22S/c1-21-13-18-25-24(19-21)20-31(28-8-3-2-7-27(25)28)23-16-14-22(15-17-23)26-10-6-11-30-29-9-4-5-12-32(29)34-33(26)30/h2-20H,1H3. The van der Waals surface area contributed by atoms with Crippen molar-refractivity contribution in [3.63, 3.8) is 0 Å². The Morgan fingerprint density at radius 3 is 1.97 bits per heavy atom. The Labute approximate surface area is 202 Å². The highest BCUT2D eigenvalue weighted by molar-refractivity contribution is 7.26. The van der Waals surface area contributed by atoms with E-state index in [0.717, 1.165) is 0 Å². The maximum atomic E-state index is 2.35. The minimum absolute atomic E-state index is 1.26. The van der Waals surface area contributed by atoms with Gasteiger partial charge < -0.3 is 0 Å². The highest BCUT2D eigenvalue weighted by Gasteiger charge is 2.12. The van der Waals surface area contributed by atoms with Crippen molar-refractivity contribution in [3.8, 4) is 22.3 Å². The van der Waals surface area contributed by atoms with Gasteiger partial charge in [-0.05, 0) is 62.9 Å². The first-order valence-electron chi connectivity index (χ1n) is 11.7. The van der Waals surface area contributed by atoms with Crippen LogP contribution in [0, 0.1) is 6.92 Å². The molecule has 0 spiro atoms. The van der Waals surface area contributed by atoms with Gasteiger partial charge in [0.1, 0.15) is 0 Å². The van der Waals surface area contributed by atoms with E-state index in [1.807, 2.05) is 11.3 Å². The number of hydrogen-bond acceptors (Lipinski definition) is 1. The van der Waals surface area contributed by atoms with E-state index in [2.05, 4.69) is 122 Å². The van der Waals surface area contributed by atoms with Gasteiger partial charge in [0.25, 0.3) is 0 Å². The molecular weight excluding hydrogens is 428 g/mol. The van der Waals surface area contributed by atoms with Crippen LogP contribution in [0.1, 0.15) is 5.56 Å². The van der Waals surface area contributed by atoms with Crippen LogP contribution < -0.4 is 0 Å². The van der Waals surface area contributed by atoms with Gasteiger partial charge in [-0.2, -0.15) is 0 Å². The SMILES string of the molecule is Cc1ccc2c(c1)cc(-c1ccc(-c3cccc4c3sc3ccccc34)cc1)c1ccccc12. The average molecular weight is 451 g/mol. The first-order chi connectivity index (χ1) is 16.8. The number of rotatable bonds is 2. The molecule has 0 bridgehead atoms. The second kappa shape index (κ2) is 7.55. The van der Waals surface area contributed by atoms with Crippen molar-refractivity contribution in [2.24, 2.45) is 0 Å². The Kier molecular flexibility index (Phi) is 4.33.